The maximum Gasteiger partial charge on any atom is 0.321 e. The van der Waals surface area contributed by atoms with Crippen molar-refractivity contribution >= 4 is 17.4 Å². The van der Waals surface area contributed by atoms with Gasteiger partial charge in [0.1, 0.15) is 0 Å². The summed E-state index contributed by atoms with van der Waals surface area (Å²) in [4.78, 5) is 16.6. The van der Waals surface area contributed by atoms with Crippen molar-refractivity contribution in [1.29, 1.82) is 0 Å². The number of rotatable bonds is 3. The van der Waals surface area contributed by atoms with E-state index >= 15 is 0 Å². The van der Waals surface area contributed by atoms with E-state index in [-0.39, 0.29) is 18.6 Å². The van der Waals surface area contributed by atoms with Crippen LogP contribution in [0.15, 0.2) is 24.3 Å². The summed E-state index contributed by atoms with van der Waals surface area (Å²) >= 11 is 0. The average molecular weight is 317 g/mol. The van der Waals surface area contributed by atoms with Gasteiger partial charge in [-0.1, -0.05) is 6.07 Å². The maximum absolute atomic E-state index is 12.4. The first-order valence-electron chi connectivity index (χ1n) is 8.78. The largest absolute Gasteiger partial charge is 0.396 e. The highest BCUT2D eigenvalue weighted by Gasteiger charge is 2.23. The summed E-state index contributed by atoms with van der Waals surface area (Å²) in [6.07, 6.45) is 5.77. The molecule has 5 nitrogen and oxygen atoms in total. The van der Waals surface area contributed by atoms with Gasteiger partial charge in [0.25, 0.3) is 0 Å². The lowest BCUT2D eigenvalue weighted by molar-refractivity contribution is 0.136. The van der Waals surface area contributed by atoms with Gasteiger partial charge in [0, 0.05) is 44.2 Å². The average Bonchev–Trinajstić information content (AvgIpc) is 2.63. The molecule has 1 unspecified atom stereocenters. The summed E-state index contributed by atoms with van der Waals surface area (Å²) in [6.45, 7) is 3.78. The van der Waals surface area contributed by atoms with E-state index in [1.165, 1.54) is 24.9 Å². The number of amides is 2. The van der Waals surface area contributed by atoms with Crippen molar-refractivity contribution in [2.45, 2.75) is 32.1 Å². The summed E-state index contributed by atoms with van der Waals surface area (Å²) < 4.78 is 0. The van der Waals surface area contributed by atoms with E-state index in [4.69, 9.17) is 0 Å². The zero-order valence-electron chi connectivity index (χ0n) is 13.7. The fourth-order valence-electron chi connectivity index (χ4n) is 3.53. The van der Waals surface area contributed by atoms with Gasteiger partial charge in [-0.05, 0) is 56.2 Å². The molecule has 0 radical (unpaired) electrons. The predicted octanol–water partition coefficient (Wildman–Crippen LogP) is 2.91. The quantitative estimate of drug-likeness (QED) is 0.901. The standard InChI is InChI=1S/C18H27N3O2/c22-14-15-6-5-11-21(13-15)18(23)19-16-7-4-8-17(12-16)20-9-2-1-3-10-20/h4,7-8,12,15,22H,1-3,5-6,9-11,13-14H2,(H,19,23). The van der Waals surface area contributed by atoms with E-state index < -0.39 is 0 Å². The molecule has 0 bridgehead atoms. The molecule has 3 rings (SSSR count). The van der Waals surface area contributed by atoms with Crippen molar-refractivity contribution in [2.24, 2.45) is 5.92 Å². The number of aliphatic hydroxyl groups is 1. The van der Waals surface area contributed by atoms with Gasteiger partial charge in [-0.25, -0.2) is 4.79 Å². The van der Waals surface area contributed by atoms with Crippen LogP contribution in [0.2, 0.25) is 0 Å². The molecule has 1 aromatic rings. The molecule has 0 aromatic heterocycles. The topological polar surface area (TPSA) is 55.8 Å². The Labute approximate surface area is 138 Å². The van der Waals surface area contributed by atoms with Crippen LogP contribution in [0, 0.1) is 5.92 Å². The highest BCUT2D eigenvalue weighted by Crippen LogP contribution is 2.24. The molecule has 0 aliphatic carbocycles. The molecule has 126 valence electrons. The molecule has 1 aromatic carbocycles. The van der Waals surface area contributed by atoms with Gasteiger partial charge >= 0.3 is 6.03 Å². The summed E-state index contributed by atoms with van der Waals surface area (Å²) in [5, 5.41) is 12.3. The van der Waals surface area contributed by atoms with Crippen LogP contribution in [0.4, 0.5) is 16.2 Å². The third-order valence-corrected chi connectivity index (χ3v) is 4.88. The van der Waals surface area contributed by atoms with Crippen molar-refractivity contribution in [3.8, 4) is 0 Å². The molecule has 23 heavy (non-hydrogen) atoms. The Morgan fingerprint density at radius 2 is 2.00 bits per heavy atom. The van der Waals surface area contributed by atoms with Gasteiger partial charge in [0.15, 0.2) is 0 Å². The van der Waals surface area contributed by atoms with Crippen LogP contribution in [-0.4, -0.2) is 48.8 Å². The van der Waals surface area contributed by atoms with E-state index in [9.17, 15) is 9.90 Å². The van der Waals surface area contributed by atoms with Crippen molar-refractivity contribution in [2.75, 3.05) is 43.0 Å². The fourth-order valence-corrected chi connectivity index (χ4v) is 3.53. The number of nitrogens with one attached hydrogen (secondary N) is 1. The summed E-state index contributed by atoms with van der Waals surface area (Å²) in [5.41, 5.74) is 2.04. The Morgan fingerprint density at radius 1 is 1.17 bits per heavy atom. The predicted molar refractivity (Wildman–Crippen MR) is 92.9 cm³/mol. The van der Waals surface area contributed by atoms with Crippen molar-refractivity contribution in [3.05, 3.63) is 24.3 Å². The minimum atomic E-state index is -0.0565. The van der Waals surface area contributed by atoms with Crippen LogP contribution >= 0.6 is 0 Å². The van der Waals surface area contributed by atoms with Crippen LogP contribution in [0.25, 0.3) is 0 Å². The number of benzene rings is 1. The molecular weight excluding hydrogens is 290 g/mol. The maximum atomic E-state index is 12.4. The van der Waals surface area contributed by atoms with E-state index in [0.717, 1.165) is 38.2 Å². The molecule has 2 amide bonds. The number of carbonyl (C=O) groups is 1. The number of nitrogens with zero attached hydrogens (tertiary/aromatic N) is 2. The minimum absolute atomic E-state index is 0.0565. The van der Waals surface area contributed by atoms with E-state index in [1.54, 1.807) is 0 Å². The van der Waals surface area contributed by atoms with Gasteiger partial charge in [0.05, 0.1) is 0 Å². The SMILES string of the molecule is O=C(Nc1cccc(N2CCCCC2)c1)N1CCCC(CO)C1. The molecular formula is C18H27N3O2. The Morgan fingerprint density at radius 3 is 2.78 bits per heavy atom. The lowest BCUT2D eigenvalue weighted by atomic mass is 9.99. The van der Waals surface area contributed by atoms with Crippen LogP contribution < -0.4 is 10.2 Å². The number of urea groups is 1. The molecule has 0 spiro atoms. The molecule has 2 aliphatic heterocycles. The number of hydrogen-bond acceptors (Lipinski definition) is 3. The number of anilines is 2. The van der Waals surface area contributed by atoms with Gasteiger partial charge in [-0.15, -0.1) is 0 Å². The Balaban J connectivity index is 1.61. The normalized spacial score (nSPS) is 22.0. The fraction of sp³-hybridized carbons (Fsp3) is 0.611. The Bertz CT molecular complexity index is 529. The van der Waals surface area contributed by atoms with Crippen molar-refractivity contribution < 1.29 is 9.90 Å². The second-order valence-corrected chi connectivity index (χ2v) is 6.67. The van der Waals surface area contributed by atoms with E-state index in [0.29, 0.717) is 6.54 Å². The first-order valence-corrected chi connectivity index (χ1v) is 8.78. The molecule has 2 aliphatic rings. The molecule has 2 N–H and O–H groups in total. The number of hydrogen-bond donors (Lipinski definition) is 2. The molecule has 2 fully saturated rings. The number of piperidine rings is 2. The summed E-state index contributed by atoms with van der Waals surface area (Å²) in [5.74, 6) is 0.217. The van der Waals surface area contributed by atoms with E-state index in [2.05, 4.69) is 22.3 Å². The lowest BCUT2D eigenvalue weighted by Gasteiger charge is -2.32. The van der Waals surface area contributed by atoms with Gasteiger partial charge in [0.2, 0.25) is 0 Å². The smallest absolute Gasteiger partial charge is 0.321 e. The van der Waals surface area contributed by atoms with Crippen molar-refractivity contribution in [3.63, 3.8) is 0 Å². The lowest BCUT2D eigenvalue weighted by Crippen LogP contribution is -2.43. The van der Waals surface area contributed by atoms with Gasteiger partial charge in [-0.2, -0.15) is 0 Å². The molecule has 5 heteroatoms. The zero-order chi connectivity index (χ0) is 16.1. The number of carbonyl (C=O) groups excluding carboxylic acids is 1. The van der Waals surface area contributed by atoms with Crippen molar-refractivity contribution in [1.82, 2.24) is 4.90 Å². The minimum Gasteiger partial charge on any atom is -0.396 e. The zero-order valence-corrected chi connectivity index (χ0v) is 13.7. The van der Waals surface area contributed by atoms with Gasteiger partial charge < -0.3 is 20.2 Å². The second kappa shape index (κ2) is 7.68. The monoisotopic (exact) mass is 317 g/mol. The highest BCUT2D eigenvalue weighted by atomic mass is 16.3. The number of aliphatic hydroxyl groups excluding tert-OH is 1. The van der Waals surface area contributed by atoms with Gasteiger partial charge in [-0.3, -0.25) is 0 Å². The van der Waals surface area contributed by atoms with Crippen LogP contribution in [0.3, 0.4) is 0 Å². The van der Waals surface area contributed by atoms with Crippen LogP contribution in [0.1, 0.15) is 32.1 Å². The molecule has 1 atom stereocenters. The Kier molecular flexibility index (Phi) is 5.39. The second-order valence-electron chi connectivity index (χ2n) is 6.67. The Hall–Kier alpha value is -1.75. The first-order chi connectivity index (χ1) is 11.3. The summed E-state index contributed by atoms with van der Waals surface area (Å²) in [6, 6.07) is 8.07. The van der Waals surface area contributed by atoms with Crippen LogP contribution in [-0.2, 0) is 0 Å². The molecule has 2 saturated heterocycles. The van der Waals surface area contributed by atoms with E-state index in [1.807, 2.05) is 17.0 Å². The number of likely N-dealkylation sites (tertiary alicyclic amines) is 1. The third-order valence-electron chi connectivity index (χ3n) is 4.88. The summed E-state index contributed by atoms with van der Waals surface area (Å²) in [7, 11) is 0. The highest BCUT2D eigenvalue weighted by molar-refractivity contribution is 5.90. The molecule has 2 heterocycles. The third kappa shape index (κ3) is 4.16. The first kappa shape index (κ1) is 16.1. The van der Waals surface area contributed by atoms with Crippen LogP contribution in [0.5, 0.6) is 0 Å². The molecule has 0 saturated carbocycles.